The van der Waals surface area contributed by atoms with Crippen LogP contribution in [0.1, 0.15) is 11.6 Å². The third-order valence-electron chi connectivity index (χ3n) is 2.63. The van der Waals surface area contributed by atoms with E-state index in [0.29, 0.717) is 10.9 Å². The number of aromatic nitrogens is 1. The lowest BCUT2D eigenvalue weighted by Gasteiger charge is -2.22. The van der Waals surface area contributed by atoms with E-state index in [1.54, 1.807) is 30.5 Å². The Bertz CT molecular complexity index is 495. The number of aliphatic hydroxyl groups excluding tert-OH is 1. The van der Waals surface area contributed by atoms with Gasteiger partial charge in [-0.1, -0.05) is 12.1 Å². The molecule has 0 saturated heterocycles. The molecule has 2 rings (SSSR count). The summed E-state index contributed by atoms with van der Waals surface area (Å²) in [6.45, 7) is -1.25. The van der Waals surface area contributed by atoms with Gasteiger partial charge >= 0.3 is 0 Å². The van der Waals surface area contributed by atoms with Gasteiger partial charge in [-0.2, -0.15) is 0 Å². The van der Waals surface area contributed by atoms with E-state index in [0.717, 1.165) is 5.52 Å². The molecule has 1 aromatic heterocycles. The topological polar surface area (TPSA) is 62.0 Å². The van der Waals surface area contributed by atoms with E-state index in [2.05, 4.69) is 4.98 Å². The Hall–Kier alpha value is -1.46. The number of nitrogens with two attached hydrogens (primary N) is 1. The molecule has 16 heavy (non-hydrogen) atoms. The number of H-pyrrole nitrogens is 1. The number of benzene rings is 1. The average molecular weight is 226 g/mol. The van der Waals surface area contributed by atoms with Crippen molar-refractivity contribution < 1.29 is 13.9 Å². The van der Waals surface area contributed by atoms with E-state index >= 15 is 0 Å². The Morgan fingerprint density at radius 2 is 2.12 bits per heavy atom. The predicted octanol–water partition coefficient (Wildman–Crippen LogP) is 1.80. The minimum absolute atomic E-state index is 0.331. The van der Waals surface area contributed by atoms with Crippen LogP contribution in [0.2, 0.25) is 0 Å². The summed E-state index contributed by atoms with van der Waals surface area (Å²) >= 11 is 0. The molecule has 0 radical (unpaired) electrons. The Kier molecular flexibility index (Phi) is 2.65. The van der Waals surface area contributed by atoms with Gasteiger partial charge in [-0.25, -0.2) is 8.78 Å². The highest BCUT2D eigenvalue weighted by Crippen LogP contribution is 2.32. The number of fused-ring (bicyclic) bond motifs is 1. The first-order valence-electron chi connectivity index (χ1n) is 4.86. The fourth-order valence-electron chi connectivity index (χ4n) is 1.71. The molecular formula is C11H12F2N2O. The molecule has 1 aromatic carbocycles. The van der Waals surface area contributed by atoms with E-state index in [-0.39, 0.29) is 0 Å². The molecule has 0 saturated carbocycles. The first-order valence-corrected chi connectivity index (χ1v) is 4.86. The van der Waals surface area contributed by atoms with E-state index in [4.69, 9.17) is 10.8 Å². The maximum atomic E-state index is 13.3. The number of alkyl halides is 2. The highest BCUT2D eigenvalue weighted by Gasteiger charge is 2.38. The van der Waals surface area contributed by atoms with Crippen molar-refractivity contribution >= 4 is 10.9 Å². The van der Waals surface area contributed by atoms with E-state index < -0.39 is 18.6 Å². The third-order valence-corrected chi connectivity index (χ3v) is 2.63. The Morgan fingerprint density at radius 3 is 2.81 bits per heavy atom. The van der Waals surface area contributed by atoms with Crippen LogP contribution in [0.5, 0.6) is 0 Å². The molecule has 1 heterocycles. The summed E-state index contributed by atoms with van der Waals surface area (Å²) in [5.41, 5.74) is 6.57. The van der Waals surface area contributed by atoms with Gasteiger partial charge in [0.15, 0.2) is 0 Å². The lowest BCUT2D eigenvalue weighted by Crippen LogP contribution is -2.36. The molecule has 3 nitrogen and oxygen atoms in total. The van der Waals surface area contributed by atoms with Crippen LogP contribution in [-0.2, 0) is 0 Å². The van der Waals surface area contributed by atoms with Gasteiger partial charge in [0.05, 0.1) is 6.04 Å². The van der Waals surface area contributed by atoms with Crippen molar-refractivity contribution in [3.63, 3.8) is 0 Å². The van der Waals surface area contributed by atoms with E-state index in [1.807, 2.05) is 0 Å². The molecule has 0 bridgehead atoms. The van der Waals surface area contributed by atoms with Crippen molar-refractivity contribution in [2.45, 2.75) is 12.0 Å². The second-order valence-electron chi connectivity index (χ2n) is 3.68. The Labute approximate surface area is 90.9 Å². The number of aliphatic hydroxyl groups is 1. The van der Waals surface area contributed by atoms with Gasteiger partial charge in [-0.3, -0.25) is 0 Å². The number of rotatable bonds is 3. The molecule has 0 fully saturated rings. The molecule has 0 amide bonds. The third kappa shape index (κ3) is 1.68. The molecule has 0 unspecified atom stereocenters. The quantitative estimate of drug-likeness (QED) is 0.747. The summed E-state index contributed by atoms with van der Waals surface area (Å²) < 4.78 is 26.6. The molecule has 1 atom stereocenters. The standard InChI is InChI=1S/C11H12F2N2O/c12-11(13,6-16)10(14)8-2-1-3-9-7(8)4-5-15-9/h1-5,10,15-16H,6,14H2/t10-/m1/s1. The summed E-state index contributed by atoms with van der Waals surface area (Å²) in [7, 11) is 0. The number of halogens is 2. The fourth-order valence-corrected chi connectivity index (χ4v) is 1.71. The molecule has 5 heteroatoms. The first-order chi connectivity index (χ1) is 7.56. The number of hydrogen-bond acceptors (Lipinski definition) is 2. The van der Waals surface area contributed by atoms with Gasteiger partial charge < -0.3 is 15.8 Å². The highest BCUT2D eigenvalue weighted by molar-refractivity contribution is 5.83. The van der Waals surface area contributed by atoms with Gasteiger partial charge in [0.1, 0.15) is 6.61 Å². The highest BCUT2D eigenvalue weighted by atomic mass is 19.3. The maximum Gasteiger partial charge on any atom is 0.289 e. The van der Waals surface area contributed by atoms with Crippen LogP contribution in [0.15, 0.2) is 30.5 Å². The van der Waals surface area contributed by atoms with Crippen LogP contribution in [0, 0.1) is 0 Å². The van der Waals surface area contributed by atoms with Gasteiger partial charge in [0.25, 0.3) is 5.92 Å². The molecule has 0 spiro atoms. The van der Waals surface area contributed by atoms with Gasteiger partial charge in [0.2, 0.25) is 0 Å². The fraction of sp³-hybridized carbons (Fsp3) is 0.273. The number of hydrogen-bond donors (Lipinski definition) is 3. The zero-order valence-corrected chi connectivity index (χ0v) is 8.45. The molecule has 0 aliphatic carbocycles. The van der Waals surface area contributed by atoms with Crippen LogP contribution in [0.25, 0.3) is 10.9 Å². The zero-order valence-electron chi connectivity index (χ0n) is 8.45. The van der Waals surface area contributed by atoms with E-state index in [9.17, 15) is 8.78 Å². The molecule has 0 aliphatic rings. The van der Waals surface area contributed by atoms with Crippen molar-refractivity contribution in [1.82, 2.24) is 4.98 Å². The molecule has 0 aliphatic heterocycles. The van der Waals surface area contributed by atoms with Crippen LogP contribution in [0.4, 0.5) is 8.78 Å². The smallest absolute Gasteiger partial charge is 0.289 e. The summed E-state index contributed by atoms with van der Waals surface area (Å²) in [5, 5.41) is 9.27. The lowest BCUT2D eigenvalue weighted by molar-refractivity contribution is -0.0708. The van der Waals surface area contributed by atoms with E-state index in [1.165, 1.54) is 0 Å². The minimum Gasteiger partial charge on any atom is -0.390 e. The molecule has 86 valence electrons. The Balaban J connectivity index is 2.51. The monoisotopic (exact) mass is 226 g/mol. The van der Waals surface area contributed by atoms with Crippen molar-refractivity contribution in [3.05, 3.63) is 36.0 Å². The second kappa shape index (κ2) is 3.84. The predicted molar refractivity (Wildman–Crippen MR) is 57.3 cm³/mol. The number of nitrogens with one attached hydrogen (secondary N) is 1. The van der Waals surface area contributed by atoms with Gasteiger partial charge in [-0.05, 0) is 17.7 Å². The average Bonchev–Trinajstić information content (AvgIpc) is 2.75. The summed E-state index contributed by atoms with van der Waals surface area (Å²) in [4.78, 5) is 2.92. The van der Waals surface area contributed by atoms with Gasteiger partial charge in [-0.15, -0.1) is 0 Å². The molecule has 2 aromatic rings. The van der Waals surface area contributed by atoms with Crippen LogP contribution >= 0.6 is 0 Å². The largest absolute Gasteiger partial charge is 0.390 e. The summed E-state index contributed by atoms with van der Waals surface area (Å²) in [6.07, 6.45) is 1.66. The molecular weight excluding hydrogens is 214 g/mol. The van der Waals surface area contributed by atoms with Crippen molar-refractivity contribution in [1.29, 1.82) is 0 Å². The summed E-state index contributed by atoms with van der Waals surface area (Å²) in [5.74, 6) is -3.31. The van der Waals surface area contributed by atoms with Crippen molar-refractivity contribution in [3.8, 4) is 0 Å². The number of aromatic amines is 1. The van der Waals surface area contributed by atoms with Crippen LogP contribution in [0.3, 0.4) is 0 Å². The summed E-state index contributed by atoms with van der Waals surface area (Å²) in [6, 6.07) is 5.17. The van der Waals surface area contributed by atoms with Gasteiger partial charge in [0, 0.05) is 17.1 Å². The lowest BCUT2D eigenvalue weighted by atomic mass is 9.98. The minimum atomic E-state index is -3.31. The Morgan fingerprint density at radius 1 is 1.38 bits per heavy atom. The SMILES string of the molecule is N[C@H](c1cccc2[nH]ccc12)C(F)(F)CO. The maximum absolute atomic E-state index is 13.3. The van der Waals surface area contributed by atoms with Crippen molar-refractivity contribution in [2.75, 3.05) is 6.61 Å². The second-order valence-corrected chi connectivity index (χ2v) is 3.68. The van der Waals surface area contributed by atoms with Crippen molar-refractivity contribution in [2.24, 2.45) is 5.73 Å². The molecule has 4 N–H and O–H groups in total. The zero-order chi connectivity index (χ0) is 11.8. The van der Waals surface area contributed by atoms with Crippen LogP contribution in [-0.4, -0.2) is 22.6 Å². The first kappa shape index (κ1) is 11.0. The van der Waals surface area contributed by atoms with Crippen LogP contribution < -0.4 is 5.73 Å². The normalized spacial score (nSPS) is 14.2.